The number of benzene rings is 1. The van der Waals surface area contributed by atoms with Crippen molar-refractivity contribution in [1.29, 1.82) is 0 Å². The van der Waals surface area contributed by atoms with Gasteiger partial charge in [0.1, 0.15) is 5.71 Å². The van der Waals surface area contributed by atoms with Gasteiger partial charge in [0.05, 0.1) is 24.1 Å². The molecular formula is C27H28N6O2. The van der Waals surface area contributed by atoms with E-state index >= 15 is 0 Å². The summed E-state index contributed by atoms with van der Waals surface area (Å²) >= 11 is 0. The zero-order valence-electron chi connectivity index (χ0n) is 19.5. The van der Waals surface area contributed by atoms with Crippen LogP contribution in [0.4, 0.5) is 5.69 Å². The third-order valence-corrected chi connectivity index (χ3v) is 6.44. The van der Waals surface area contributed by atoms with E-state index in [0.29, 0.717) is 30.2 Å². The van der Waals surface area contributed by atoms with Gasteiger partial charge in [0.2, 0.25) is 0 Å². The number of hydrogen-bond donors (Lipinski definition) is 3. The van der Waals surface area contributed by atoms with E-state index in [1.165, 1.54) is 6.42 Å². The molecule has 5 rings (SSSR count). The maximum Gasteiger partial charge on any atom is 0.274 e. The maximum absolute atomic E-state index is 13.1. The Hall–Kier alpha value is -3.91. The smallest absolute Gasteiger partial charge is 0.274 e. The van der Waals surface area contributed by atoms with Gasteiger partial charge in [0.25, 0.3) is 11.8 Å². The van der Waals surface area contributed by atoms with Crippen LogP contribution in [0.25, 0.3) is 11.1 Å². The number of carbonyl (C=O) groups is 2. The molecule has 3 aromatic rings. The predicted molar refractivity (Wildman–Crippen MR) is 135 cm³/mol. The van der Waals surface area contributed by atoms with Gasteiger partial charge in [-0.3, -0.25) is 29.9 Å². The van der Waals surface area contributed by atoms with E-state index in [2.05, 4.69) is 30.9 Å². The lowest BCUT2D eigenvalue weighted by atomic mass is 9.95. The fourth-order valence-electron chi connectivity index (χ4n) is 4.60. The molecule has 0 spiro atoms. The molecule has 178 valence electrons. The SMILES string of the molecule is O=C(Nc1cccnc1)C1=NCNCc2ccc(-c3cncc(C(=O)NC4CCCCC4)c3)cc21. The Kier molecular flexibility index (Phi) is 6.90. The van der Waals surface area contributed by atoms with Gasteiger partial charge < -0.3 is 10.6 Å². The van der Waals surface area contributed by atoms with Crippen molar-refractivity contribution in [3.8, 4) is 11.1 Å². The number of hydrogen-bond acceptors (Lipinski definition) is 6. The van der Waals surface area contributed by atoms with Gasteiger partial charge in [-0.15, -0.1) is 0 Å². The molecule has 1 aliphatic heterocycles. The molecule has 8 heteroatoms. The molecule has 3 heterocycles. The van der Waals surface area contributed by atoms with E-state index in [0.717, 1.165) is 47.9 Å². The zero-order valence-corrected chi connectivity index (χ0v) is 19.5. The molecule has 0 atom stereocenters. The van der Waals surface area contributed by atoms with Crippen LogP contribution in [0.1, 0.15) is 53.6 Å². The summed E-state index contributed by atoms with van der Waals surface area (Å²) in [6.07, 6.45) is 12.2. The van der Waals surface area contributed by atoms with Crippen LogP contribution < -0.4 is 16.0 Å². The Bertz CT molecular complexity index is 1250. The maximum atomic E-state index is 13.1. The molecule has 1 aliphatic carbocycles. The highest BCUT2D eigenvalue weighted by Crippen LogP contribution is 2.25. The van der Waals surface area contributed by atoms with Crippen LogP contribution >= 0.6 is 0 Å². The molecule has 1 saturated carbocycles. The summed E-state index contributed by atoms with van der Waals surface area (Å²) in [6, 6.07) is 11.6. The van der Waals surface area contributed by atoms with Gasteiger partial charge in [-0.2, -0.15) is 0 Å². The number of anilines is 1. The third kappa shape index (κ3) is 5.44. The van der Waals surface area contributed by atoms with Gasteiger partial charge in [-0.25, -0.2) is 0 Å². The van der Waals surface area contributed by atoms with Crippen molar-refractivity contribution < 1.29 is 9.59 Å². The van der Waals surface area contributed by atoms with Crippen molar-refractivity contribution >= 4 is 23.2 Å². The first-order chi connectivity index (χ1) is 17.2. The van der Waals surface area contributed by atoms with Crippen LogP contribution in [0.3, 0.4) is 0 Å². The van der Waals surface area contributed by atoms with E-state index < -0.39 is 0 Å². The average molecular weight is 469 g/mol. The lowest BCUT2D eigenvalue weighted by Crippen LogP contribution is -2.36. The molecule has 1 aromatic carbocycles. The lowest BCUT2D eigenvalue weighted by molar-refractivity contribution is -0.110. The number of fused-ring (bicyclic) bond motifs is 1. The number of amides is 2. The van der Waals surface area contributed by atoms with Crippen molar-refractivity contribution in [2.75, 3.05) is 12.0 Å². The van der Waals surface area contributed by atoms with E-state index in [1.54, 1.807) is 36.9 Å². The number of rotatable bonds is 5. The molecule has 0 unspecified atom stereocenters. The Labute approximate surface area is 204 Å². The van der Waals surface area contributed by atoms with Crippen molar-refractivity contribution in [3.63, 3.8) is 0 Å². The second-order valence-corrected chi connectivity index (χ2v) is 8.93. The topological polar surface area (TPSA) is 108 Å². The van der Waals surface area contributed by atoms with E-state index in [1.807, 2.05) is 24.3 Å². The molecule has 3 N–H and O–H groups in total. The molecular weight excluding hydrogens is 440 g/mol. The van der Waals surface area contributed by atoms with Gasteiger partial charge in [0.15, 0.2) is 0 Å². The summed E-state index contributed by atoms with van der Waals surface area (Å²) < 4.78 is 0. The highest BCUT2D eigenvalue weighted by Gasteiger charge is 2.21. The molecule has 35 heavy (non-hydrogen) atoms. The molecule has 0 saturated heterocycles. The molecule has 8 nitrogen and oxygen atoms in total. The minimum atomic E-state index is -0.293. The van der Waals surface area contributed by atoms with E-state index in [9.17, 15) is 9.59 Å². The van der Waals surface area contributed by atoms with Crippen LogP contribution in [-0.4, -0.2) is 40.2 Å². The Morgan fingerprint density at radius 2 is 1.80 bits per heavy atom. The summed E-state index contributed by atoms with van der Waals surface area (Å²) in [5.41, 5.74) is 4.91. The molecule has 1 fully saturated rings. The van der Waals surface area contributed by atoms with E-state index in [4.69, 9.17) is 0 Å². The fraction of sp³-hybridized carbons (Fsp3) is 0.296. The summed E-state index contributed by atoms with van der Waals surface area (Å²) in [5, 5.41) is 9.26. The summed E-state index contributed by atoms with van der Waals surface area (Å²) in [5.74, 6) is -0.387. The van der Waals surface area contributed by atoms with Crippen molar-refractivity contribution in [2.24, 2.45) is 4.99 Å². The largest absolute Gasteiger partial charge is 0.349 e. The van der Waals surface area contributed by atoms with Gasteiger partial charge in [0, 0.05) is 42.3 Å². The number of carbonyl (C=O) groups excluding carboxylic acids is 2. The molecule has 2 aromatic heterocycles. The standard InChI is InChI=1S/C27H28N6O2/c34-26(32-22-5-2-1-3-6-22)21-11-20(14-29-15-21)18-8-9-19-13-30-17-31-25(24(19)12-18)27(35)33-23-7-4-10-28-16-23/h4,7-12,14-16,22,30H,1-3,5-6,13,17H2,(H,32,34)(H,33,35). The van der Waals surface area contributed by atoms with Gasteiger partial charge in [-0.1, -0.05) is 31.4 Å². The number of nitrogens with zero attached hydrogens (tertiary/aromatic N) is 3. The zero-order chi connectivity index (χ0) is 24.0. The monoisotopic (exact) mass is 468 g/mol. The van der Waals surface area contributed by atoms with Crippen molar-refractivity contribution in [2.45, 2.75) is 44.7 Å². The normalized spacial score (nSPS) is 15.9. The van der Waals surface area contributed by atoms with Crippen LogP contribution in [0.15, 0.2) is 66.2 Å². The lowest BCUT2D eigenvalue weighted by Gasteiger charge is -2.22. The first-order valence-electron chi connectivity index (χ1n) is 12.0. The second-order valence-electron chi connectivity index (χ2n) is 8.93. The second kappa shape index (κ2) is 10.6. The minimum absolute atomic E-state index is 0.0942. The predicted octanol–water partition coefficient (Wildman–Crippen LogP) is 3.69. The number of pyridine rings is 2. The molecule has 2 aliphatic rings. The minimum Gasteiger partial charge on any atom is -0.349 e. The number of nitrogens with one attached hydrogen (secondary N) is 3. The summed E-state index contributed by atoms with van der Waals surface area (Å²) in [4.78, 5) is 38.8. The first kappa shape index (κ1) is 22.9. The molecule has 0 radical (unpaired) electrons. The van der Waals surface area contributed by atoms with Gasteiger partial charge >= 0.3 is 0 Å². The van der Waals surface area contributed by atoms with Crippen molar-refractivity contribution in [3.05, 3.63) is 77.9 Å². The van der Waals surface area contributed by atoms with Crippen LogP contribution in [0.2, 0.25) is 0 Å². The average Bonchev–Trinajstić information content (AvgIpc) is 3.12. The van der Waals surface area contributed by atoms with E-state index in [-0.39, 0.29) is 17.9 Å². The Morgan fingerprint density at radius 3 is 2.63 bits per heavy atom. The summed E-state index contributed by atoms with van der Waals surface area (Å²) in [7, 11) is 0. The first-order valence-corrected chi connectivity index (χ1v) is 12.0. The highest BCUT2D eigenvalue weighted by atomic mass is 16.2. The summed E-state index contributed by atoms with van der Waals surface area (Å²) in [6.45, 7) is 0.947. The fourth-order valence-corrected chi connectivity index (χ4v) is 4.60. The quantitative estimate of drug-likeness (QED) is 0.529. The number of aliphatic imine (C=N–C) groups is 1. The highest BCUT2D eigenvalue weighted by molar-refractivity contribution is 6.49. The van der Waals surface area contributed by atoms with Crippen molar-refractivity contribution in [1.82, 2.24) is 20.6 Å². The molecule has 0 bridgehead atoms. The Morgan fingerprint density at radius 1 is 0.914 bits per heavy atom. The third-order valence-electron chi connectivity index (χ3n) is 6.44. The number of aromatic nitrogens is 2. The van der Waals surface area contributed by atoms with Crippen LogP contribution in [0, 0.1) is 0 Å². The Balaban J connectivity index is 1.41. The van der Waals surface area contributed by atoms with Gasteiger partial charge in [-0.05, 0) is 48.2 Å². The van der Waals surface area contributed by atoms with Crippen LogP contribution in [0.5, 0.6) is 0 Å². The molecule has 2 amide bonds. The van der Waals surface area contributed by atoms with Crippen LogP contribution in [-0.2, 0) is 11.3 Å².